The van der Waals surface area contributed by atoms with Gasteiger partial charge in [0, 0.05) is 17.7 Å². The van der Waals surface area contributed by atoms with Gasteiger partial charge in [-0.1, -0.05) is 23.8 Å². The predicted molar refractivity (Wildman–Crippen MR) is 76.4 cm³/mol. The lowest BCUT2D eigenvalue weighted by Gasteiger charge is -2.14. The molecule has 0 unspecified atom stereocenters. The van der Waals surface area contributed by atoms with Gasteiger partial charge < -0.3 is 15.2 Å². The van der Waals surface area contributed by atoms with Crippen molar-refractivity contribution < 1.29 is 13.9 Å². The Morgan fingerprint density at radius 1 is 1.15 bits per heavy atom. The third-order valence-electron chi connectivity index (χ3n) is 3.08. The van der Waals surface area contributed by atoms with Crippen molar-refractivity contribution in [1.29, 1.82) is 0 Å². The maximum absolute atomic E-state index is 13.8. The Balaban J connectivity index is 2.23. The van der Waals surface area contributed by atoms with Crippen LogP contribution in [0.1, 0.15) is 16.7 Å². The molecule has 20 heavy (non-hydrogen) atoms. The highest BCUT2D eigenvalue weighted by Gasteiger charge is 2.10. The van der Waals surface area contributed by atoms with Crippen LogP contribution < -0.4 is 15.2 Å². The number of nitrogens with two attached hydrogens (primary N) is 1. The highest BCUT2D eigenvalue weighted by molar-refractivity contribution is 5.38. The van der Waals surface area contributed by atoms with E-state index in [1.807, 2.05) is 25.1 Å². The SMILES string of the molecule is COc1ccc(C)cc1COc1c(F)cccc1CN. The Morgan fingerprint density at radius 3 is 2.65 bits per heavy atom. The molecule has 2 N–H and O–H groups in total. The van der Waals surface area contributed by atoms with Crippen molar-refractivity contribution in [3.05, 3.63) is 58.9 Å². The molecule has 0 fully saturated rings. The lowest BCUT2D eigenvalue weighted by atomic mass is 10.1. The van der Waals surface area contributed by atoms with Crippen LogP contribution in [0.3, 0.4) is 0 Å². The Hall–Kier alpha value is -2.07. The van der Waals surface area contributed by atoms with E-state index in [1.54, 1.807) is 19.2 Å². The molecule has 0 bridgehead atoms. The summed E-state index contributed by atoms with van der Waals surface area (Å²) >= 11 is 0. The van der Waals surface area contributed by atoms with Crippen molar-refractivity contribution >= 4 is 0 Å². The number of methoxy groups -OCH3 is 1. The molecule has 0 aliphatic carbocycles. The smallest absolute Gasteiger partial charge is 0.165 e. The molecule has 2 aromatic rings. The van der Waals surface area contributed by atoms with Crippen molar-refractivity contribution in [2.45, 2.75) is 20.1 Å². The Labute approximate surface area is 118 Å². The van der Waals surface area contributed by atoms with E-state index in [9.17, 15) is 4.39 Å². The van der Waals surface area contributed by atoms with Gasteiger partial charge >= 0.3 is 0 Å². The van der Waals surface area contributed by atoms with Gasteiger partial charge in [-0.25, -0.2) is 4.39 Å². The minimum absolute atomic E-state index is 0.207. The average Bonchev–Trinajstić information content (AvgIpc) is 2.46. The first-order chi connectivity index (χ1) is 9.65. The summed E-state index contributed by atoms with van der Waals surface area (Å²) in [5, 5.41) is 0. The van der Waals surface area contributed by atoms with Crippen molar-refractivity contribution in [3.63, 3.8) is 0 Å². The number of benzene rings is 2. The summed E-state index contributed by atoms with van der Waals surface area (Å²) < 4.78 is 24.7. The van der Waals surface area contributed by atoms with Gasteiger partial charge in [0.15, 0.2) is 11.6 Å². The van der Waals surface area contributed by atoms with E-state index in [0.29, 0.717) is 5.56 Å². The van der Waals surface area contributed by atoms with E-state index in [0.717, 1.165) is 16.9 Å². The van der Waals surface area contributed by atoms with Crippen LogP contribution in [0.2, 0.25) is 0 Å². The molecule has 3 nitrogen and oxygen atoms in total. The van der Waals surface area contributed by atoms with Gasteiger partial charge in [-0.2, -0.15) is 0 Å². The lowest BCUT2D eigenvalue weighted by molar-refractivity contribution is 0.279. The molecule has 0 saturated heterocycles. The molecule has 2 rings (SSSR count). The van der Waals surface area contributed by atoms with Gasteiger partial charge in [-0.3, -0.25) is 0 Å². The summed E-state index contributed by atoms with van der Waals surface area (Å²) in [6, 6.07) is 10.5. The van der Waals surface area contributed by atoms with Crippen LogP contribution in [-0.4, -0.2) is 7.11 Å². The molecule has 0 radical (unpaired) electrons. The van der Waals surface area contributed by atoms with Gasteiger partial charge in [0.05, 0.1) is 7.11 Å². The Morgan fingerprint density at radius 2 is 1.95 bits per heavy atom. The molecule has 0 aromatic heterocycles. The molecule has 4 heteroatoms. The molecule has 2 aromatic carbocycles. The van der Waals surface area contributed by atoms with E-state index >= 15 is 0 Å². The first-order valence-corrected chi connectivity index (χ1v) is 6.39. The van der Waals surface area contributed by atoms with E-state index in [4.69, 9.17) is 15.2 Å². The van der Waals surface area contributed by atoms with E-state index < -0.39 is 5.82 Å². The molecule has 0 spiro atoms. The van der Waals surface area contributed by atoms with Crippen molar-refractivity contribution in [2.24, 2.45) is 5.73 Å². The molecule has 0 amide bonds. The molecular formula is C16H18FNO2. The summed E-state index contributed by atoms with van der Waals surface area (Å²) in [5.74, 6) is 0.527. The Bertz CT molecular complexity index is 599. The van der Waals surface area contributed by atoms with Gasteiger partial charge in [-0.15, -0.1) is 0 Å². The number of hydrogen-bond donors (Lipinski definition) is 1. The summed E-state index contributed by atoms with van der Waals surface area (Å²) in [6.07, 6.45) is 0. The van der Waals surface area contributed by atoms with Crippen molar-refractivity contribution in [1.82, 2.24) is 0 Å². The fourth-order valence-electron chi connectivity index (χ4n) is 2.05. The standard InChI is InChI=1S/C16H18FNO2/c1-11-6-7-15(19-2)13(8-11)10-20-16-12(9-18)4-3-5-14(16)17/h3-8H,9-10,18H2,1-2H3. The zero-order valence-corrected chi connectivity index (χ0v) is 11.7. The first kappa shape index (κ1) is 14.3. The zero-order chi connectivity index (χ0) is 14.5. The minimum atomic E-state index is -0.403. The average molecular weight is 275 g/mol. The van der Waals surface area contributed by atoms with Crippen LogP contribution >= 0.6 is 0 Å². The number of ether oxygens (including phenoxy) is 2. The van der Waals surface area contributed by atoms with Gasteiger partial charge in [-0.05, 0) is 25.1 Å². The molecular weight excluding hydrogens is 257 g/mol. The monoisotopic (exact) mass is 275 g/mol. The van der Waals surface area contributed by atoms with Crippen LogP contribution in [0.25, 0.3) is 0 Å². The highest BCUT2D eigenvalue weighted by Crippen LogP contribution is 2.26. The fraction of sp³-hybridized carbons (Fsp3) is 0.250. The van der Waals surface area contributed by atoms with Crippen LogP contribution in [0.5, 0.6) is 11.5 Å². The fourth-order valence-corrected chi connectivity index (χ4v) is 2.05. The third kappa shape index (κ3) is 3.08. The van der Waals surface area contributed by atoms with E-state index in [-0.39, 0.29) is 18.9 Å². The number of hydrogen-bond acceptors (Lipinski definition) is 3. The number of halogens is 1. The highest BCUT2D eigenvalue weighted by atomic mass is 19.1. The summed E-state index contributed by atoms with van der Waals surface area (Å²) in [7, 11) is 1.60. The number of para-hydroxylation sites is 1. The molecule has 106 valence electrons. The van der Waals surface area contributed by atoms with E-state index in [2.05, 4.69) is 0 Å². The summed E-state index contributed by atoms with van der Waals surface area (Å²) in [5.41, 5.74) is 8.22. The van der Waals surface area contributed by atoms with Crippen LogP contribution in [0, 0.1) is 12.7 Å². The minimum Gasteiger partial charge on any atom is -0.496 e. The van der Waals surface area contributed by atoms with Crippen LogP contribution in [0.4, 0.5) is 4.39 Å². The van der Waals surface area contributed by atoms with Crippen LogP contribution in [-0.2, 0) is 13.2 Å². The number of aryl methyl sites for hydroxylation is 1. The van der Waals surface area contributed by atoms with Crippen LogP contribution in [0.15, 0.2) is 36.4 Å². The molecule has 0 aliphatic rings. The summed E-state index contributed by atoms with van der Waals surface area (Å²) in [4.78, 5) is 0. The maximum Gasteiger partial charge on any atom is 0.165 e. The normalized spacial score (nSPS) is 10.4. The second-order valence-corrected chi connectivity index (χ2v) is 4.54. The largest absolute Gasteiger partial charge is 0.496 e. The molecule has 0 atom stereocenters. The maximum atomic E-state index is 13.8. The zero-order valence-electron chi connectivity index (χ0n) is 11.7. The van der Waals surface area contributed by atoms with Gasteiger partial charge in [0.1, 0.15) is 12.4 Å². The predicted octanol–water partition coefficient (Wildman–Crippen LogP) is 3.18. The van der Waals surface area contributed by atoms with Gasteiger partial charge in [0.2, 0.25) is 0 Å². The second-order valence-electron chi connectivity index (χ2n) is 4.54. The molecule has 0 aliphatic heterocycles. The molecule has 0 saturated carbocycles. The quantitative estimate of drug-likeness (QED) is 0.911. The first-order valence-electron chi connectivity index (χ1n) is 6.39. The number of rotatable bonds is 5. The third-order valence-corrected chi connectivity index (χ3v) is 3.08. The van der Waals surface area contributed by atoms with Gasteiger partial charge in [0.25, 0.3) is 0 Å². The topological polar surface area (TPSA) is 44.5 Å². The second kappa shape index (κ2) is 6.39. The van der Waals surface area contributed by atoms with Crippen molar-refractivity contribution in [3.8, 4) is 11.5 Å². The lowest BCUT2D eigenvalue weighted by Crippen LogP contribution is -2.05. The van der Waals surface area contributed by atoms with Crippen molar-refractivity contribution in [2.75, 3.05) is 7.11 Å². The summed E-state index contributed by atoms with van der Waals surface area (Å²) in [6.45, 7) is 2.45. The Kier molecular flexibility index (Phi) is 4.58. The molecule has 0 heterocycles. The van der Waals surface area contributed by atoms with E-state index in [1.165, 1.54) is 6.07 Å².